The minimum atomic E-state index is -0.296. The third-order valence-electron chi connectivity index (χ3n) is 3.48. The highest BCUT2D eigenvalue weighted by Gasteiger charge is 2.41. The minimum Gasteiger partial charge on any atom is -0.465 e. The molecule has 0 radical (unpaired) electrons. The number of carbonyl (C=O) groups excluding carboxylic acids is 1. The fourth-order valence-corrected chi connectivity index (χ4v) is 2.10. The summed E-state index contributed by atoms with van der Waals surface area (Å²) in [5.74, 6) is -0.296. The molecule has 0 bridgehead atoms. The lowest BCUT2D eigenvalue weighted by Gasteiger charge is -2.16. The molecule has 0 amide bonds. The van der Waals surface area contributed by atoms with E-state index >= 15 is 0 Å². The second-order valence-electron chi connectivity index (χ2n) is 4.95. The van der Waals surface area contributed by atoms with Crippen LogP contribution in [0.25, 0.3) is 0 Å². The van der Waals surface area contributed by atoms with Gasteiger partial charge in [0.1, 0.15) is 0 Å². The molecule has 0 heterocycles. The molecule has 1 fully saturated rings. The van der Waals surface area contributed by atoms with Crippen LogP contribution in [0.2, 0.25) is 0 Å². The minimum absolute atomic E-state index is 0.296. The Labute approximate surface area is 108 Å². The Morgan fingerprint density at radius 3 is 2.44 bits per heavy atom. The molecule has 0 atom stereocenters. The molecule has 1 aromatic rings. The van der Waals surface area contributed by atoms with Crippen molar-refractivity contribution >= 4 is 11.7 Å². The number of carbonyl (C=O) groups is 1. The van der Waals surface area contributed by atoms with E-state index in [-0.39, 0.29) is 5.97 Å². The second-order valence-corrected chi connectivity index (χ2v) is 4.95. The van der Waals surface area contributed by atoms with Crippen LogP contribution in [-0.2, 0) is 4.74 Å². The molecule has 0 saturated heterocycles. The smallest absolute Gasteiger partial charge is 0.337 e. The van der Waals surface area contributed by atoms with E-state index in [1.165, 1.54) is 20.0 Å². The number of esters is 1. The van der Waals surface area contributed by atoms with Crippen LogP contribution in [0.4, 0.5) is 5.69 Å². The normalized spacial score (nSPS) is 16.1. The van der Waals surface area contributed by atoms with Gasteiger partial charge in [-0.05, 0) is 44.2 Å². The maximum atomic E-state index is 11.3. The number of hydrogen-bond acceptors (Lipinski definition) is 4. The summed E-state index contributed by atoms with van der Waals surface area (Å²) < 4.78 is 4.66. The van der Waals surface area contributed by atoms with Crippen LogP contribution >= 0.6 is 0 Å². The largest absolute Gasteiger partial charge is 0.465 e. The second kappa shape index (κ2) is 5.40. The summed E-state index contributed by atoms with van der Waals surface area (Å²) in [5.41, 5.74) is 2.06. The van der Waals surface area contributed by atoms with Gasteiger partial charge in [-0.1, -0.05) is 0 Å². The van der Waals surface area contributed by atoms with Gasteiger partial charge >= 0.3 is 5.97 Å². The monoisotopic (exact) mass is 248 g/mol. The van der Waals surface area contributed by atoms with Gasteiger partial charge in [-0.2, -0.15) is 0 Å². The quantitative estimate of drug-likeness (QED) is 0.755. The van der Waals surface area contributed by atoms with E-state index in [1.807, 2.05) is 19.2 Å². The van der Waals surface area contributed by atoms with E-state index in [0.717, 1.165) is 18.8 Å². The van der Waals surface area contributed by atoms with Crippen molar-refractivity contribution < 1.29 is 9.53 Å². The van der Waals surface area contributed by atoms with Crippen LogP contribution in [0.15, 0.2) is 24.3 Å². The SMILES string of the molecule is CNCC1(CNc2ccc(C(=O)OC)cc2)CC1. The Kier molecular flexibility index (Phi) is 3.87. The predicted molar refractivity (Wildman–Crippen MR) is 71.9 cm³/mol. The zero-order chi connectivity index (χ0) is 13.0. The average molecular weight is 248 g/mol. The Hall–Kier alpha value is -1.55. The lowest BCUT2D eigenvalue weighted by atomic mass is 10.1. The van der Waals surface area contributed by atoms with Crippen molar-refractivity contribution in [2.24, 2.45) is 5.41 Å². The summed E-state index contributed by atoms with van der Waals surface area (Å²) in [6.45, 7) is 2.03. The van der Waals surface area contributed by atoms with Crippen LogP contribution in [-0.4, -0.2) is 33.2 Å². The van der Waals surface area contributed by atoms with Gasteiger partial charge in [0.2, 0.25) is 0 Å². The molecule has 0 unspecified atom stereocenters. The van der Waals surface area contributed by atoms with Crippen molar-refractivity contribution in [1.82, 2.24) is 5.32 Å². The van der Waals surface area contributed by atoms with E-state index in [4.69, 9.17) is 0 Å². The lowest BCUT2D eigenvalue weighted by molar-refractivity contribution is 0.0601. The zero-order valence-corrected chi connectivity index (χ0v) is 11.0. The van der Waals surface area contributed by atoms with Crippen LogP contribution in [0.1, 0.15) is 23.2 Å². The van der Waals surface area contributed by atoms with Crippen molar-refractivity contribution in [2.45, 2.75) is 12.8 Å². The number of rotatable bonds is 6. The maximum absolute atomic E-state index is 11.3. The number of ether oxygens (including phenoxy) is 1. The molecule has 1 saturated carbocycles. The van der Waals surface area contributed by atoms with Crippen LogP contribution < -0.4 is 10.6 Å². The molecule has 4 heteroatoms. The summed E-state index contributed by atoms with van der Waals surface area (Å²) in [6, 6.07) is 7.40. The molecule has 18 heavy (non-hydrogen) atoms. The highest BCUT2D eigenvalue weighted by molar-refractivity contribution is 5.89. The first-order chi connectivity index (χ1) is 8.69. The first-order valence-electron chi connectivity index (χ1n) is 6.26. The molecule has 2 N–H and O–H groups in total. The number of hydrogen-bond donors (Lipinski definition) is 2. The van der Waals surface area contributed by atoms with Crippen LogP contribution in [0, 0.1) is 5.41 Å². The summed E-state index contributed by atoms with van der Waals surface area (Å²) >= 11 is 0. The van der Waals surface area contributed by atoms with Gasteiger partial charge in [0.15, 0.2) is 0 Å². The number of anilines is 1. The fraction of sp³-hybridized carbons (Fsp3) is 0.500. The lowest BCUT2D eigenvalue weighted by Crippen LogP contribution is -2.26. The molecule has 98 valence electrons. The summed E-state index contributed by atoms with van der Waals surface area (Å²) in [4.78, 5) is 11.3. The fourth-order valence-electron chi connectivity index (χ4n) is 2.10. The van der Waals surface area contributed by atoms with Gasteiger partial charge in [-0.15, -0.1) is 0 Å². The predicted octanol–water partition coefficient (Wildman–Crippen LogP) is 1.88. The topological polar surface area (TPSA) is 50.4 Å². The molecular weight excluding hydrogens is 228 g/mol. The van der Waals surface area contributed by atoms with Crippen molar-refractivity contribution in [2.75, 3.05) is 32.6 Å². The summed E-state index contributed by atoms with van der Waals surface area (Å²) in [6.07, 6.45) is 2.56. The van der Waals surface area contributed by atoms with Gasteiger partial charge < -0.3 is 15.4 Å². The van der Waals surface area contributed by atoms with Crippen molar-refractivity contribution in [3.63, 3.8) is 0 Å². The van der Waals surface area contributed by atoms with E-state index in [9.17, 15) is 4.79 Å². The molecule has 0 aromatic heterocycles. The van der Waals surface area contributed by atoms with Gasteiger partial charge in [0.05, 0.1) is 12.7 Å². The van der Waals surface area contributed by atoms with Gasteiger partial charge in [-0.3, -0.25) is 0 Å². The molecule has 0 aliphatic heterocycles. The first-order valence-corrected chi connectivity index (χ1v) is 6.26. The molecule has 4 nitrogen and oxygen atoms in total. The Morgan fingerprint density at radius 2 is 1.94 bits per heavy atom. The number of nitrogens with one attached hydrogen (secondary N) is 2. The van der Waals surface area contributed by atoms with Gasteiger partial charge in [0.25, 0.3) is 0 Å². The third kappa shape index (κ3) is 3.01. The zero-order valence-electron chi connectivity index (χ0n) is 11.0. The summed E-state index contributed by atoms with van der Waals surface area (Å²) in [7, 11) is 3.38. The van der Waals surface area contributed by atoms with Crippen molar-refractivity contribution in [3.05, 3.63) is 29.8 Å². The van der Waals surface area contributed by atoms with Crippen LogP contribution in [0.5, 0.6) is 0 Å². The maximum Gasteiger partial charge on any atom is 0.337 e. The number of benzene rings is 1. The van der Waals surface area contributed by atoms with E-state index < -0.39 is 0 Å². The van der Waals surface area contributed by atoms with Gasteiger partial charge in [0, 0.05) is 24.2 Å². The van der Waals surface area contributed by atoms with E-state index in [0.29, 0.717) is 11.0 Å². The van der Waals surface area contributed by atoms with E-state index in [2.05, 4.69) is 15.4 Å². The van der Waals surface area contributed by atoms with Crippen molar-refractivity contribution in [1.29, 1.82) is 0 Å². The number of methoxy groups -OCH3 is 1. The molecule has 1 aromatic carbocycles. The Morgan fingerprint density at radius 1 is 1.28 bits per heavy atom. The molecule has 1 aliphatic carbocycles. The highest BCUT2D eigenvalue weighted by atomic mass is 16.5. The van der Waals surface area contributed by atoms with Crippen molar-refractivity contribution in [3.8, 4) is 0 Å². The standard InChI is InChI=1S/C14H20N2O2/c1-15-9-14(7-8-14)10-16-12-5-3-11(4-6-12)13(17)18-2/h3-6,15-16H,7-10H2,1-2H3. The summed E-state index contributed by atoms with van der Waals surface area (Å²) in [5, 5.41) is 6.66. The van der Waals surface area contributed by atoms with Crippen LogP contribution in [0.3, 0.4) is 0 Å². The molecule has 1 aliphatic rings. The average Bonchev–Trinajstić information content (AvgIpc) is 3.17. The third-order valence-corrected chi connectivity index (χ3v) is 3.48. The molecule has 2 rings (SSSR count). The highest BCUT2D eigenvalue weighted by Crippen LogP contribution is 2.44. The van der Waals surface area contributed by atoms with E-state index in [1.54, 1.807) is 12.1 Å². The Bertz CT molecular complexity index is 410. The molecular formula is C14H20N2O2. The van der Waals surface area contributed by atoms with Gasteiger partial charge in [-0.25, -0.2) is 4.79 Å². The first kappa shape index (κ1) is 12.9. The Balaban J connectivity index is 1.89. The molecule has 0 spiro atoms.